The van der Waals surface area contributed by atoms with Crippen molar-refractivity contribution in [3.8, 4) is 11.5 Å². The monoisotopic (exact) mass is 374 g/mol. The average Bonchev–Trinajstić information content (AvgIpc) is 3.54. The Bertz CT molecular complexity index is 892. The van der Waals surface area contributed by atoms with Gasteiger partial charge in [-0.1, -0.05) is 24.3 Å². The highest BCUT2D eigenvalue weighted by Crippen LogP contribution is 2.70. The van der Waals surface area contributed by atoms with Crippen molar-refractivity contribution in [1.29, 1.82) is 0 Å². The lowest BCUT2D eigenvalue weighted by Gasteiger charge is -2.17. The second-order valence-electron chi connectivity index (χ2n) is 9.71. The van der Waals surface area contributed by atoms with Crippen molar-refractivity contribution in [3.63, 3.8) is 0 Å². The third-order valence-corrected chi connectivity index (χ3v) is 8.15. The van der Waals surface area contributed by atoms with Crippen molar-refractivity contribution in [2.24, 2.45) is 23.7 Å². The van der Waals surface area contributed by atoms with Crippen LogP contribution in [0, 0.1) is 23.7 Å². The zero-order chi connectivity index (χ0) is 19.1. The summed E-state index contributed by atoms with van der Waals surface area (Å²) in [5.74, 6) is 2.54. The van der Waals surface area contributed by atoms with Crippen LogP contribution in [0.25, 0.3) is 0 Å². The second kappa shape index (κ2) is 5.40. The van der Waals surface area contributed by atoms with E-state index in [0.717, 1.165) is 38.5 Å². The molecule has 6 rings (SSSR count). The summed E-state index contributed by atoms with van der Waals surface area (Å²) in [7, 11) is 0. The topological polar surface area (TPSA) is 57.5 Å². The van der Waals surface area contributed by atoms with Crippen molar-refractivity contribution in [2.45, 2.75) is 49.4 Å². The highest BCUT2D eigenvalue weighted by molar-refractivity contribution is 5.89. The fraction of sp³-hybridized carbons (Fsp3) is 0.480. The van der Waals surface area contributed by atoms with Crippen molar-refractivity contribution in [2.75, 3.05) is 0 Å². The molecular weight excluding hydrogens is 348 g/mol. The van der Waals surface area contributed by atoms with Gasteiger partial charge < -0.3 is 10.2 Å². The number of phenolic OH excluding ortho intramolecular Hbond substituents is 2. The van der Waals surface area contributed by atoms with Gasteiger partial charge in [0.05, 0.1) is 0 Å². The first-order valence-electron chi connectivity index (χ1n) is 10.7. The molecule has 0 amide bonds. The standard InChI is InChI=1S/C25H26O3/c26-17-5-1-3-15(11-17)24(7-8-24)21-13-19(21)23(28)20-14-22(20)25(9-10-25)16-4-2-6-18(27)12-16/h1-6,11-12,19-22,26-27H,7-10,13-14H2. The predicted molar refractivity (Wildman–Crippen MR) is 106 cm³/mol. The van der Waals surface area contributed by atoms with Crippen LogP contribution in [0.15, 0.2) is 48.5 Å². The molecule has 0 spiro atoms. The Kier molecular flexibility index (Phi) is 3.21. The second-order valence-corrected chi connectivity index (χ2v) is 9.71. The number of hydrogen-bond donors (Lipinski definition) is 2. The van der Waals surface area contributed by atoms with E-state index in [1.54, 1.807) is 12.1 Å². The lowest BCUT2D eigenvalue weighted by Crippen LogP contribution is -2.18. The minimum absolute atomic E-state index is 0.145. The predicted octanol–water partition coefficient (Wildman–Crippen LogP) is 4.70. The van der Waals surface area contributed by atoms with Crippen LogP contribution in [0.1, 0.15) is 49.7 Å². The molecule has 28 heavy (non-hydrogen) atoms. The number of carbonyl (C=O) groups excluding carboxylic acids is 1. The summed E-state index contributed by atoms with van der Waals surface area (Å²) in [6.07, 6.45) is 6.63. The van der Waals surface area contributed by atoms with E-state index in [2.05, 4.69) is 12.1 Å². The zero-order valence-corrected chi connectivity index (χ0v) is 16.0. The Balaban J connectivity index is 1.17. The Morgan fingerprint density at radius 3 is 1.54 bits per heavy atom. The number of Topliss-reactive ketones (excluding diaryl/α,β-unsaturated/α-hetero) is 1. The quantitative estimate of drug-likeness (QED) is 0.770. The molecule has 4 fully saturated rings. The van der Waals surface area contributed by atoms with E-state index < -0.39 is 0 Å². The van der Waals surface area contributed by atoms with Crippen LogP contribution in [-0.4, -0.2) is 16.0 Å². The maximum atomic E-state index is 13.2. The number of hydrogen-bond acceptors (Lipinski definition) is 3. The van der Waals surface area contributed by atoms with E-state index in [4.69, 9.17) is 0 Å². The average molecular weight is 374 g/mol. The smallest absolute Gasteiger partial charge is 0.139 e. The van der Waals surface area contributed by atoms with Crippen LogP contribution in [-0.2, 0) is 15.6 Å². The molecule has 0 aromatic heterocycles. The fourth-order valence-corrected chi connectivity index (χ4v) is 6.16. The molecule has 4 aliphatic rings. The summed E-state index contributed by atoms with van der Waals surface area (Å²) < 4.78 is 0. The molecule has 2 N–H and O–H groups in total. The Morgan fingerprint density at radius 2 is 1.18 bits per heavy atom. The number of rotatable bonds is 6. The zero-order valence-electron chi connectivity index (χ0n) is 16.0. The summed E-state index contributed by atoms with van der Waals surface area (Å²) in [4.78, 5) is 13.2. The van der Waals surface area contributed by atoms with E-state index in [1.807, 2.05) is 24.3 Å². The van der Waals surface area contributed by atoms with Gasteiger partial charge in [-0.15, -0.1) is 0 Å². The van der Waals surface area contributed by atoms with Crippen LogP contribution in [0.3, 0.4) is 0 Å². The molecule has 0 radical (unpaired) electrons. The first kappa shape index (κ1) is 16.6. The Hall–Kier alpha value is -2.29. The van der Waals surface area contributed by atoms with Gasteiger partial charge >= 0.3 is 0 Å². The van der Waals surface area contributed by atoms with Gasteiger partial charge in [0.25, 0.3) is 0 Å². The van der Waals surface area contributed by atoms with Crippen LogP contribution in [0.5, 0.6) is 11.5 Å². The lowest BCUT2D eigenvalue weighted by molar-refractivity contribution is -0.122. The van der Waals surface area contributed by atoms with Crippen molar-refractivity contribution in [1.82, 2.24) is 0 Å². The van der Waals surface area contributed by atoms with Gasteiger partial charge in [-0.25, -0.2) is 0 Å². The normalized spacial score (nSPS) is 33.1. The number of ketones is 1. The minimum Gasteiger partial charge on any atom is -0.508 e. The van der Waals surface area contributed by atoms with Crippen molar-refractivity contribution in [3.05, 3.63) is 59.7 Å². The minimum atomic E-state index is 0.145. The largest absolute Gasteiger partial charge is 0.508 e. The molecule has 0 aliphatic heterocycles. The van der Waals surface area contributed by atoms with Crippen LogP contribution in [0.4, 0.5) is 0 Å². The molecular formula is C25H26O3. The lowest BCUT2D eigenvalue weighted by atomic mass is 9.86. The highest BCUT2D eigenvalue weighted by atomic mass is 16.3. The molecule has 0 heterocycles. The van der Waals surface area contributed by atoms with E-state index in [-0.39, 0.29) is 22.7 Å². The van der Waals surface area contributed by atoms with Gasteiger partial charge in [-0.3, -0.25) is 4.79 Å². The van der Waals surface area contributed by atoms with Crippen molar-refractivity contribution < 1.29 is 15.0 Å². The van der Waals surface area contributed by atoms with Crippen LogP contribution < -0.4 is 0 Å². The first-order valence-corrected chi connectivity index (χ1v) is 10.7. The molecule has 0 saturated heterocycles. The number of phenols is 2. The summed E-state index contributed by atoms with van der Waals surface area (Å²) in [5.41, 5.74) is 2.73. The van der Waals surface area contributed by atoms with Gasteiger partial charge in [0.2, 0.25) is 0 Å². The molecule has 144 valence electrons. The number of carbonyl (C=O) groups is 1. The fourth-order valence-electron chi connectivity index (χ4n) is 6.16. The molecule has 4 atom stereocenters. The van der Waals surface area contributed by atoms with Gasteiger partial charge in [0.15, 0.2) is 0 Å². The van der Waals surface area contributed by atoms with Crippen LogP contribution in [0.2, 0.25) is 0 Å². The van der Waals surface area contributed by atoms with E-state index in [0.29, 0.717) is 29.1 Å². The number of aromatic hydroxyl groups is 2. The summed E-state index contributed by atoms with van der Waals surface area (Å²) in [6.45, 7) is 0. The van der Waals surface area contributed by atoms with Crippen molar-refractivity contribution >= 4 is 5.78 Å². The first-order chi connectivity index (χ1) is 13.5. The Morgan fingerprint density at radius 1 is 0.750 bits per heavy atom. The molecule has 2 aromatic rings. The molecule has 4 unspecified atom stereocenters. The third-order valence-electron chi connectivity index (χ3n) is 8.15. The van der Waals surface area contributed by atoms with Gasteiger partial charge in [0.1, 0.15) is 17.3 Å². The molecule has 2 aromatic carbocycles. The summed E-state index contributed by atoms with van der Waals surface area (Å²) >= 11 is 0. The van der Waals surface area contributed by atoms with Crippen LogP contribution >= 0.6 is 0 Å². The molecule has 3 heteroatoms. The molecule has 0 bridgehead atoms. The van der Waals surface area contributed by atoms with Gasteiger partial charge in [-0.05, 0) is 96.6 Å². The van der Waals surface area contributed by atoms with E-state index in [1.165, 1.54) is 11.1 Å². The van der Waals surface area contributed by atoms with Gasteiger partial charge in [0, 0.05) is 11.8 Å². The summed E-state index contributed by atoms with van der Waals surface area (Å²) in [6, 6.07) is 15.3. The molecule has 4 saturated carbocycles. The van der Waals surface area contributed by atoms with E-state index in [9.17, 15) is 15.0 Å². The highest BCUT2D eigenvalue weighted by Gasteiger charge is 2.67. The van der Waals surface area contributed by atoms with Gasteiger partial charge in [-0.2, -0.15) is 0 Å². The third kappa shape index (κ3) is 2.38. The summed E-state index contributed by atoms with van der Waals surface area (Å²) in [5, 5.41) is 19.7. The maximum absolute atomic E-state index is 13.2. The molecule has 4 aliphatic carbocycles. The molecule has 3 nitrogen and oxygen atoms in total. The van der Waals surface area contributed by atoms with E-state index >= 15 is 0 Å². The Labute approximate surface area is 165 Å². The maximum Gasteiger partial charge on any atom is 0.139 e. The number of benzene rings is 2. The SMILES string of the molecule is O=C(C1CC1C1(c2cccc(O)c2)CC1)C1CC1C1(c2cccc(O)c2)CC1.